The summed E-state index contributed by atoms with van der Waals surface area (Å²) < 4.78 is 21.6. The highest BCUT2D eigenvalue weighted by Gasteiger charge is 2.35. The van der Waals surface area contributed by atoms with Gasteiger partial charge >= 0.3 is 8.80 Å². The van der Waals surface area contributed by atoms with Crippen molar-refractivity contribution in [2.45, 2.75) is 32.9 Å². The molecule has 0 saturated carbocycles. The fourth-order valence-electron chi connectivity index (χ4n) is 1.22. The van der Waals surface area contributed by atoms with Gasteiger partial charge in [0.15, 0.2) is 0 Å². The van der Waals surface area contributed by atoms with E-state index >= 15 is 0 Å². The zero-order valence-corrected chi connectivity index (χ0v) is 10.7. The second-order valence-electron chi connectivity index (χ2n) is 3.41. The fraction of sp³-hybridized carbons (Fsp3) is 0.800. The van der Waals surface area contributed by atoms with Gasteiger partial charge in [-0.3, -0.25) is 0 Å². The van der Waals surface area contributed by atoms with Crippen LogP contribution in [0, 0.1) is 0 Å². The number of epoxide rings is 1. The molecule has 1 aliphatic rings. The topological polar surface area (TPSA) is 40.2 Å². The molecule has 1 saturated heterocycles. The van der Waals surface area contributed by atoms with Crippen LogP contribution in [0.1, 0.15) is 20.3 Å². The first-order chi connectivity index (χ1) is 7.20. The largest absolute Gasteiger partial charge is 0.562 e. The van der Waals surface area contributed by atoms with Crippen molar-refractivity contribution < 1.29 is 18.0 Å². The van der Waals surface area contributed by atoms with Crippen LogP contribution in [0.3, 0.4) is 0 Å². The van der Waals surface area contributed by atoms with Gasteiger partial charge in [-0.05, 0) is 26.3 Å². The van der Waals surface area contributed by atoms with E-state index in [1.165, 1.54) is 0 Å². The first-order valence-corrected chi connectivity index (χ1v) is 7.65. The first kappa shape index (κ1) is 12.7. The Kier molecular flexibility index (Phi) is 5.31. The molecule has 0 amide bonds. The van der Waals surface area contributed by atoms with Crippen LogP contribution in [0.5, 0.6) is 0 Å². The van der Waals surface area contributed by atoms with Gasteiger partial charge in [0, 0.05) is 19.8 Å². The summed E-state index contributed by atoms with van der Waals surface area (Å²) in [5.74, 6) is 0. The van der Waals surface area contributed by atoms with Gasteiger partial charge in [0.2, 0.25) is 0 Å². The zero-order valence-electron chi connectivity index (χ0n) is 9.69. The third-order valence-electron chi connectivity index (χ3n) is 1.99. The van der Waals surface area contributed by atoms with Crippen molar-refractivity contribution in [3.63, 3.8) is 0 Å². The van der Waals surface area contributed by atoms with E-state index in [0.29, 0.717) is 19.3 Å². The van der Waals surface area contributed by atoms with E-state index in [9.17, 15) is 0 Å². The molecule has 0 radical (unpaired) electrons. The van der Waals surface area contributed by atoms with Crippen LogP contribution in [-0.2, 0) is 18.0 Å². The van der Waals surface area contributed by atoms with Crippen molar-refractivity contribution in [3.8, 4) is 0 Å². The molecule has 0 bridgehead atoms. The highest BCUT2D eigenvalue weighted by Crippen LogP contribution is 2.15. The van der Waals surface area contributed by atoms with Crippen molar-refractivity contribution >= 4 is 8.80 Å². The summed E-state index contributed by atoms with van der Waals surface area (Å²) >= 11 is 0. The Balaban J connectivity index is 2.24. The van der Waals surface area contributed by atoms with Crippen molar-refractivity contribution in [2.75, 3.05) is 19.8 Å². The molecule has 1 unspecified atom stereocenters. The third kappa shape index (κ3) is 5.32. The average molecular weight is 232 g/mol. The summed E-state index contributed by atoms with van der Waals surface area (Å²) in [6.45, 7) is 7.88. The van der Waals surface area contributed by atoms with Crippen LogP contribution >= 0.6 is 0 Å². The highest BCUT2D eigenvalue weighted by atomic mass is 28.4. The molecule has 0 N–H and O–H groups in total. The number of hydrogen-bond acceptors (Lipinski definition) is 4. The molecule has 88 valence electrons. The fourth-order valence-corrected chi connectivity index (χ4v) is 2.83. The molecule has 15 heavy (non-hydrogen) atoms. The Morgan fingerprint density at radius 2 is 1.93 bits per heavy atom. The maximum atomic E-state index is 5.55. The molecule has 1 aliphatic heterocycles. The Morgan fingerprint density at radius 3 is 2.40 bits per heavy atom. The molecule has 1 heterocycles. The van der Waals surface area contributed by atoms with E-state index in [0.717, 1.165) is 13.0 Å². The lowest BCUT2D eigenvalue weighted by atomic mass is 10.3. The van der Waals surface area contributed by atoms with Gasteiger partial charge in [0.1, 0.15) is 0 Å². The van der Waals surface area contributed by atoms with Crippen LogP contribution in [0.2, 0.25) is 6.55 Å². The lowest BCUT2D eigenvalue weighted by molar-refractivity contribution is 0.107. The molecule has 1 rings (SSSR count). The third-order valence-corrected chi connectivity index (χ3v) is 4.18. The van der Waals surface area contributed by atoms with Crippen LogP contribution in [0.25, 0.3) is 0 Å². The molecule has 4 nitrogen and oxygen atoms in total. The Bertz CT molecular complexity index is 198. The van der Waals surface area contributed by atoms with Crippen LogP contribution in [-0.4, -0.2) is 34.7 Å². The molecule has 1 atom stereocenters. The van der Waals surface area contributed by atoms with Crippen molar-refractivity contribution in [2.24, 2.45) is 0 Å². The monoisotopic (exact) mass is 232 g/mol. The lowest BCUT2D eigenvalue weighted by Crippen LogP contribution is -2.41. The minimum absolute atomic E-state index is 0.400. The summed E-state index contributed by atoms with van der Waals surface area (Å²) in [4.78, 5) is 0. The smallest absolute Gasteiger partial charge is 0.508 e. The molecular weight excluding hydrogens is 212 g/mol. The molecule has 0 aliphatic carbocycles. The van der Waals surface area contributed by atoms with Crippen molar-refractivity contribution in [1.82, 2.24) is 0 Å². The average Bonchev–Trinajstić information content (AvgIpc) is 2.97. The zero-order chi connectivity index (χ0) is 11.1. The second kappa shape index (κ2) is 6.27. The summed E-state index contributed by atoms with van der Waals surface area (Å²) in [7, 11) is -2.43. The number of rotatable bonds is 8. The summed E-state index contributed by atoms with van der Waals surface area (Å²) in [6, 6.07) is 0. The summed E-state index contributed by atoms with van der Waals surface area (Å²) in [6.07, 6.45) is 4.94. The molecule has 5 heteroatoms. The molecule has 0 aromatic carbocycles. The quantitative estimate of drug-likeness (QED) is 0.364. The Labute approximate surface area is 92.5 Å². The summed E-state index contributed by atoms with van der Waals surface area (Å²) in [5.41, 5.74) is 0. The van der Waals surface area contributed by atoms with E-state index in [2.05, 4.69) is 0 Å². The molecule has 0 aromatic heterocycles. The number of ether oxygens (including phenoxy) is 1. The van der Waals surface area contributed by atoms with Gasteiger partial charge in [-0.25, -0.2) is 0 Å². The maximum absolute atomic E-state index is 5.55. The van der Waals surface area contributed by atoms with E-state index in [-0.39, 0.29) is 0 Å². The van der Waals surface area contributed by atoms with E-state index in [1.807, 2.05) is 26.5 Å². The van der Waals surface area contributed by atoms with Crippen molar-refractivity contribution in [1.29, 1.82) is 0 Å². The first-order valence-electron chi connectivity index (χ1n) is 5.42. The van der Waals surface area contributed by atoms with Gasteiger partial charge in [-0.2, -0.15) is 0 Å². The van der Waals surface area contributed by atoms with Gasteiger partial charge in [0.05, 0.1) is 19.0 Å². The van der Waals surface area contributed by atoms with E-state index in [1.54, 1.807) is 6.26 Å². The SMILES string of the molecule is CCO[Si](C)(OC=CCC1CO1)OCC. The Morgan fingerprint density at radius 1 is 1.33 bits per heavy atom. The van der Waals surface area contributed by atoms with Gasteiger partial charge in [0.25, 0.3) is 0 Å². The van der Waals surface area contributed by atoms with Gasteiger partial charge in [-0.15, -0.1) is 0 Å². The molecule has 0 spiro atoms. The minimum atomic E-state index is -2.43. The lowest BCUT2D eigenvalue weighted by Gasteiger charge is -2.23. The van der Waals surface area contributed by atoms with E-state index < -0.39 is 8.80 Å². The maximum Gasteiger partial charge on any atom is 0.562 e. The molecular formula is C10H20O4Si. The number of hydrogen-bond donors (Lipinski definition) is 0. The predicted octanol–water partition coefficient (Wildman–Crippen LogP) is 1.95. The molecule has 1 fully saturated rings. The van der Waals surface area contributed by atoms with Gasteiger partial charge in [-0.1, -0.05) is 0 Å². The van der Waals surface area contributed by atoms with E-state index in [4.69, 9.17) is 18.0 Å². The second-order valence-corrected chi connectivity index (χ2v) is 5.95. The summed E-state index contributed by atoms with van der Waals surface area (Å²) in [5, 5.41) is 0. The predicted molar refractivity (Wildman–Crippen MR) is 59.5 cm³/mol. The van der Waals surface area contributed by atoms with Gasteiger partial charge < -0.3 is 18.0 Å². The van der Waals surface area contributed by atoms with Crippen molar-refractivity contribution in [3.05, 3.63) is 12.3 Å². The van der Waals surface area contributed by atoms with Crippen LogP contribution < -0.4 is 0 Å². The normalized spacial score (nSPS) is 20.9. The minimum Gasteiger partial charge on any atom is -0.508 e. The van der Waals surface area contributed by atoms with Crippen LogP contribution in [0.15, 0.2) is 12.3 Å². The van der Waals surface area contributed by atoms with Crippen LogP contribution in [0.4, 0.5) is 0 Å². The standard InChI is InChI=1S/C10H20O4Si/c1-4-12-15(3,13-5-2)14-8-6-7-10-9-11-10/h6,8,10H,4-5,7,9H2,1-3H3. The Hall–Kier alpha value is -0.363. The highest BCUT2D eigenvalue weighted by molar-refractivity contribution is 6.59. The molecule has 0 aromatic rings.